The van der Waals surface area contributed by atoms with E-state index in [1.54, 1.807) is 6.20 Å². The van der Waals surface area contributed by atoms with Gasteiger partial charge in [-0.25, -0.2) is 0 Å². The maximum Gasteiger partial charge on any atom is 0.153 e. The summed E-state index contributed by atoms with van der Waals surface area (Å²) >= 11 is 0. The molecular weight excluding hydrogens is 212 g/mol. The van der Waals surface area contributed by atoms with Crippen molar-refractivity contribution in [2.45, 2.75) is 18.9 Å². The fraction of sp³-hybridized carbons (Fsp3) is 0.357. The molecule has 1 fully saturated rings. The Kier molecular flexibility index (Phi) is 1.91. The number of hydrogen-bond donors (Lipinski definition) is 1. The molecule has 0 radical (unpaired) electrons. The van der Waals surface area contributed by atoms with Crippen LogP contribution in [0.1, 0.15) is 18.6 Å². The van der Waals surface area contributed by atoms with Gasteiger partial charge in [-0.2, -0.15) is 0 Å². The van der Waals surface area contributed by atoms with E-state index >= 15 is 0 Å². The van der Waals surface area contributed by atoms with Crippen LogP contribution < -0.4 is 5.32 Å². The summed E-state index contributed by atoms with van der Waals surface area (Å²) in [6, 6.07) is 6.44. The second kappa shape index (κ2) is 3.44. The molecule has 2 aliphatic rings. The van der Waals surface area contributed by atoms with E-state index in [2.05, 4.69) is 22.4 Å². The van der Waals surface area contributed by atoms with Gasteiger partial charge in [-0.1, -0.05) is 6.08 Å². The van der Waals surface area contributed by atoms with Crippen molar-refractivity contribution in [3.63, 3.8) is 0 Å². The molecule has 2 atom stereocenters. The molecule has 1 aliphatic carbocycles. The van der Waals surface area contributed by atoms with Gasteiger partial charge in [0.25, 0.3) is 0 Å². The van der Waals surface area contributed by atoms with E-state index in [-0.39, 0.29) is 0 Å². The van der Waals surface area contributed by atoms with Crippen molar-refractivity contribution in [1.82, 2.24) is 10.3 Å². The minimum absolute atomic E-state index is 0.496. The van der Waals surface area contributed by atoms with Crippen molar-refractivity contribution >= 4 is 16.7 Å². The molecule has 2 aromatic rings. The highest BCUT2D eigenvalue weighted by Crippen LogP contribution is 2.38. The molecule has 0 bridgehead atoms. The van der Waals surface area contributed by atoms with Crippen molar-refractivity contribution in [2.75, 3.05) is 6.54 Å². The van der Waals surface area contributed by atoms with Crippen molar-refractivity contribution < 1.29 is 4.42 Å². The van der Waals surface area contributed by atoms with Crippen LogP contribution in [0.15, 0.2) is 34.9 Å². The Hall–Kier alpha value is -1.61. The number of allylic oxidation sites excluding steroid dienone is 1. The fourth-order valence-electron chi connectivity index (χ4n) is 3.05. The molecule has 3 heteroatoms. The van der Waals surface area contributed by atoms with Crippen LogP contribution in [0.25, 0.3) is 16.7 Å². The zero-order chi connectivity index (χ0) is 11.2. The highest BCUT2D eigenvalue weighted by molar-refractivity contribution is 5.80. The molecule has 1 saturated heterocycles. The number of rotatable bonds is 1. The average molecular weight is 226 g/mol. The molecular formula is C14H14N2O. The van der Waals surface area contributed by atoms with E-state index < -0.39 is 0 Å². The number of fused-ring (bicyclic) bond motifs is 2. The van der Waals surface area contributed by atoms with Crippen LogP contribution >= 0.6 is 0 Å². The summed E-state index contributed by atoms with van der Waals surface area (Å²) < 4.78 is 5.89. The number of pyridine rings is 1. The van der Waals surface area contributed by atoms with Crippen LogP contribution in [0.5, 0.6) is 0 Å². The Morgan fingerprint density at radius 3 is 3.35 bits per heavy atom. The largest absolute Gasteiger partial charge is 0.455 e. The van der Waals surface area contributed by atoms with Gasteiger partial charge in [-0.3, -0.25) is 4.98 Å². The van der Waals surface area contributed by atoms with Crippen LogP contribution in [0, 0.1) is 5.92 Å². The van der Waals surface area contributed by atoms with Gasteiger partial charge in [0.15, 0.2) is 5.58 Å². The fourth-order valence-corrected chi connectivity index (χ4v) is 3.05. The molecule has 3 heterocycles. The lowest BCUT2D eigenvalue weighted by molar-refractivity contribution is 0.540. The average Bonchev–Trinajstić information content (AvgIpc) is 3.02. The monoisotopic (exact) mass is 226 g/mol. The Morgan fingerprint density at radius 2 is 2.41 bits per heavy atom. The van der Waals surface area contributed by atoms with E-state index in [1.807, 2.05) is 12.1 Å². The molecule has 0 aromatic carbocycles. The lowest BCUT2D eigenvalue weighted by Gasteiger charge is -2.12. The molecule has 0 unspecified atom stereocenters. The molecule has 1 aliphatic heterocycles. The van der Waals surface area contributed by atoms with Gasteiger partial charge in [-0.15, -0.1) is 0 Å². The van der Waals surface area contributed by atoms with Gasteiger partial charge in [0, 0.05) is 23.9 Å². The quantitative estimate of drug-likeness (QED) is 0.812. The Labute approximate surface area is 99.5 Å². The van der Waals surface area contributed by atoms with Crippen LogP contribution in [0.3, 0.4) is 0 Å². The van der Waals surface area contributed by atoms with E-state index in [0.717, 1.165) is 29.3 Å². The lowest BCUT2D eigenvalue weighted by atomic mass is 9.99. The minimum Gasteiger partial charge on any atom is -0.455 e. The molecule has 2 aromatic heterocycles. The molecule has 3 nitrogen and oxygen atoms in total. The first-order chi connectivity index (χ1) is 8.42. The van der Waals surface area contributed by atoms with Crippen molar-refractivity contribution in [2.24, 2.45) is 5.92 Å². The van der Waals surface area contributed by atoms with Crippen molar-refractivity contribution in [3.8, 4) is 0 Å². The molecule has 4 rings (SSSR count). The van der Waals surface area contributed by atoms with Gasteiger partial charge in [-0.05, 0) is 37.4 Å². The first kappa shape index (κ1) is 9.42. The predicted molar refractivity (Wildman–Crippen MR) is 66.5 cm³/mol. The van der Waals surface area contributed by atoms with Gasteiger partial charge < -0.3 is 9.73 Å². The number of hydrogen-bond acceptors (Lipinski definition) is 3. The summed E-state index contributed by atoms with van der Waals surface area (Å²) in [4.78, 5) is 4.32. The first-order valence-corrected chi connectivity index (χ1v) is 6.20. The third-order valence-electron chi connectivity index (χ3n) is 3.90. The number of aromatic nitrogens is 1. The van der Waals surface area contributed by atoms with Gasteiger partial charge >= 0.3 is 0 Å². The maximum absolute atomic E-state index is 5.89. The van der Waals surface area contributed by atoms with Crippen LogP contribution in [-0.2, 0) is 0 Å². The van der Waals surface area contributed by atoms with E-state index in [1.165, 1.54) is 18.4 Å². The smallest absolute Gasteiger partial charge is 0.153 e. The molecule has 86 valence electrons. The molecule has 17 heavy (non-hydrogen) atoms. The molecule has 0 amide bonds. The molecule has 0 spiro atoms. The zero-order valence-electron chi connectivity index (χ0n) is 9.52. The summed E-state index contributed by atoms with van der Waals surface area (Å²) in [5.74, 6) is 1.76. The topological polar surface area (TPSA) is 38.1 Å². The Balaban J connectivity index is 1.79. The first-order valence-electron chi connectivity index (χ1n) is 6.20. The van der Waals surface area contributed by atoms with Crippen molar-refractivity contribution in [1.29, 1.82) is 0 Å². The summed E-state index contributed by atoms with van der Waals surface area (Å²) in [5, 5.41) is 3.56. The Morgan fingerprint density at radius 1 is 1.41 bits per heavy atom. The van der Waals surface area contributed by atoms with E-state index in [0.29, 0.717) is 6.04 Å². The standard InChI is InChI=1S/C14H14N2O/c1-2-12-11(15-6-1)8-13(17-12)10-4-3-9-5-7-16-14(9)10/h1-2,4,6,8-9,14,16H,3,5,7H2/t9-,14+/m0/s1. The second-order valence-electron chi connectivity index (χ2n) is 4.87. The number of furan rings is 1. The van der Waals surface area contributed by atoms with Crippen LogP contribution in [-0.4, -0.2) is 17.6 Å². The molecule has 1 N–H and O–H groups in total. The third-order valence-corrected chi connectivity index (χ3v) is 3.90. The summed E-state index contributed by atoms with van der Waals surface area (Å²) in [7, 11) is 0. The predicted octanol–water partition coefficient (Wildman–Crippen LogP) is 2.59. The van der Waals surface area contributed by atoms with Crippen LogP contribution in [0.2, 0.25) is 0 Å². The second-order valence-corrected chi connectivity index (χ2v) is 4.87. The highest BCUT2D eigenvalue weighted by Gasteiger charge is 2.35. The summed E-state index contributed by atoms with van der Waals surface area (Å²) in [6.07, 6.45) is 6.58. The normalized spacial score (nSPS) is 27.4. The zero-order valence-corrected chi connectivity index (χ0v) is 9.52. The minimum atomic E-state index is 0.496. The van der Waals surface area contributed by atoms with Gasteiger partial charge in [0.05, 0.1) is 0 Å². The summed E-state index contributed by atoms with van der Waals surface area (Å²) in [6.45, 7) is 1.13. The molecule has 0 saturated carbocycles. The van der Waals surface area contributed by atoms with Crippen LogP contribution in [0.4, 0.5) is 0 Å². The van der Waals surface area contributed by atoms with Gasteiger partial charge in [0.1, 0.15) is 11.3 Å². The lowest BCUT2D eigenvalue weighted by Crippen LogP contribution is -2.24. The summed E-state index contributed by atoms with van der Waals surface area (Å²) in [5.41, 5.74) is 3.15. The number of nitrogens with one attached hydrogen (secondary N) is 1. The van der Waals surface area contributed by atoms with Gasteiger partial charge in [0.2, 0.25) is 0 Å². The van der Waals surface area contributed by atoms with E-state index in [4.69, 9.17) is 4.42 Å². The maximum atomic E-state index is 5.89. The number of nitrogens with zero attached hydrogens (tertiary/aromatic N) is 1. The third kappa shape index (κ3) is 1.35. The van der Waals surface area contributed by atoms with E-state index in [9.17, 15) is 0 Å². The SMILES string of the molecule is C1=C(c2cc3ncccc3o2)[C@@H]2NCC[C@@H]2C1. The van der Waals surface area contributed by atoms with Crippen molar-refractivity contribution in [3.05, 3.63) is 36.2 Å². The Bertz CT molecular complexity index is 566. The highest BCUT2D eigenvalue weighted by atomic mass is 16.3.